The molecule has 1 aliphatic heterocycles. The van der Waals surface area contributed by atoms with Crippen LogP contribution in [0.5, 0.6) is 5.75 Å². The number of amides is 1. The predicted octanol–water partition coefficient (Wildman–Crippen LogP) is 3.86. The molecule has 0 radical (unpaired) electrons. The molecule has 178 valence electrons. The molecule has 1 fully saturated rings. The van der Waals surface area contributed by atoms with Crippen molar-refractivity contribution in [1.29, 1.82) is 0 Å². The van der Waals surface area contributed by atoms with Gasteiger partial charge in [-0.1, -0.05) is 36.2 Å². The minimum Gasteiger partial charge on any atom is -0.494 e. The first-order valence-electron chi connectivity index (χ1n) is 10.8. The number of nitrogens with zero attached hydrogens (tertiary/aromatic N) is 1. The summed E-state index contributed by atoms with van der Waals surface area (Å²) in [6.45, 7) is 0.787. The van der Waals surface area contributed by atoms with Gasteiger partial charge in [0.15, 0.2) is 6.61 Å². The zero-order valence-corrected chi connectivity index (χ0v) is 19.7. The van der Waals surface area contributed by atoms with Crippen LogP contribution in [-0.4, -0.2) is 50.9 Å². The van der Waals surface area contributed by atoms with E-state index in [1.165, 1.54) is 22.5 Å². The SMILES string of the molecule is O=C(COC(=O)CCCOc1ccccc1)Nc1cc(S(=O)(=O)N2CCCCC2)ccc1Cl. The monoisotopic (exact) mass is 494 g/mol. The van der Waals surface area contributed by atoms with Crippen LogP contribution in [0.3, 0.4) is 0 Å². The smallest absolute Gasteiger partial charge is 0.306 e. The second-order valence-electron chi connectivity index (χ2n) is 7.58. The molecule has 0 aliphatic carbocycles. The van der Waals surface area contributed by atoms with E-state index in [0.717, 1.165) is 19.3 Å². The minimum atomic E-state index is -3.67. The molecular weight excluding hydrogens is 468 g/mol. The maximum Gasteiger partial charge on any atom is 0.306 e. The van der Waals surface area contributed by atoms with E-state index in [1.807, 2.05) is 30.3 Å². The molecule has 0 saturated carbocycles. The lowest BCUT2D eigenvalue weighted by atomic mass is 10.2. The van der Waals surface area contributed by atoms with Crippen LogP contribution in [0.15, 0.2) is 53.4 Å². The number of anilines is 1. The number of sulfonamides is 1. The third-order valence-electron chi connectivity index (χ3n) is 5.07. The number of hydrogen-bond acceptors (Lipinski definition) is 6. The topological polar surface area (TPSA) is 102 Å². The first-order valence-corrected chi connectivity index (χ1v) is 12.6. The molecular formula is C23H27ClN2O6S. The van der Waals surface area contributed by atoms with Crippen molar-refractivity contribution < 1.29 is 27.5 Å². The fourth-order valence-corrected chi connectivity index (χ4v) is 5.05. The Balaban J connectivity index is 1.46. The Hall–Kier alpha value is -2.62. The molecule has 1 amide bonds. The zero-order valence-electron chi connectivity index (χ0n) is 18.2. The van der Waals surface area contributed by atoms with Crippen molar-refractivity contribution in [1.82, 2.24) is 4.31 Å². The predicted molar refractivity (Wildman–Crippen MR) is 125 cm³/mol. The molecule has 0 atom stereocenters. The van der Waals surface area contributed by atoms with Crippen LogP contribution in [0.2, 0.25) is 5.02 Å². The van der Waals surface area contributed by atoms with Crippen LogP contribution in [0.4, 0.5) is 5.69 Å². The van der Waals surface area contributed by atoms with Crippen LogP contribution in [0.25, 0.3) is 0 Å². The molecule has 33 heavy (non-hydrogen) atoms. The van der Waals surface area contributed by atoms with Gasteiger partial charge in [-0.3, -0.25) is 9.59 Å². The second kappa shape index (κ2) is 12.0. The van der Waals surface area contributed by atoms with Crippen LogP contribution in [-0.2, 0) is 24.3 Å². The molecule has 0 spiro atoms. The van der Waals surface area contributed by atoms with Crippen molar-refractivity contribution in [2.75, 3.05) is 31.6 Å². The highest BCUT2D eigenvalue weighted by molar-refractivity contribution is 7.89. The van der Waals surface area contributed by atoms with Gasteiger partial charge in [0.25, 0.3) is 5.91 Å². The summed E-state index contributed by atoms with van der Waals surface area (Å²) >= 11 is 6.13. The maximum atomic E-state index is 12.9. The molecule has 8 nitrogen and oxygen atoms in total. The quantitative estimate of drug-likeness (QED) is 0.397. The fourth-order valence-electron chi connectivity index (χ4n) is 3.34. The molecule has 1 aliphatic rings. The lowest BCUT2D eigenvalue weighted by molar-refractivity contribution is -0.147. The number of para-hydroxylation sites is 1. The molecule has 3 rings (SSSR count). The lowest BCUT2D eigenvalue weighted by Crippen LogP contribution is -2.35. The number of rotatable bonds is 10. The summed E-state index contributed by atoms with van der Waals surface area (Å²) in [7, 11) is -3.67. The molecule has 1 saturated heterocycles. The van der Waals surface area contributed by atoms with E-state index in [-0.39, 0.29) is 22.0 Å². The largest absolute Gasteiger partial charge is 0.494 e. The number of benzene rings is 2. The molecule has 0 unspecified atom stereocenters. The summed E-state index contributed by atoms with van der Waals surface area (Å²) in [5, 5.41) is 2.70. The highest BCUT2D eigenvalue weighted by atomic mass is 35.5. The van der Waals surface area contributed by atoms with Crippen LogP contribution >= 0.6 is 11.6 Å². The summed E-state index contributed by atoms with van der Waals surface area (Å²) in [4.78, 5) is 24.1. The summed E-state index contributed by atoms with van der Waals surface area (Å²) in [6, 6.07) is 13.4. The Bertz CT molecular complexity index is 1060. The van der Waals surface area contributed by atoms with Crippen LogP contribution < -0.4 is 10.1 Å². The standard InChI is InChI=1S/C23H27ClN2O6S/c24-20-12-11-19(33(29,30)26-13-5-2-6-14-26)16-21(20)25-22(27)17-32-23(28)10-7-15-31-18-8-3-1-4-9-18/h1,3-4,8-9,11-12,16H,2,5-7,10,13-15,17H2,(H,25,27). The van der Waals surface area contributed by atoms with E-state index in [0.29, 0.717) is 31.9 Å². The van der Waals surface area contributed by atoms with E-state index in [9.17, 15) is 18.0 Å². The Morgan fingerprint density at radius 1 is 1.03 bits per heavy atom. The Kier molecular flexibility index (Phi) is 9.11. The lowest BCUT2D eigenvalue weighted by Gasteiger charge is -2.26. The van der Waals surface area contributed by atoms with Crippen LogP contribution in [0.1, 0.15) is 32.1 Å². The number of hydrogen-bond donors (Lipinski definition) is 1. The zero-order chi connectivity index (χ0) is 23.7. The fraction of sp³-hybridized carbons (Fsp3) is 0.391. The summed E-state index contributed by atoms with van der Waals surface area (Å²) in [5.74, 6) is -0.431. The van der Waals surface area contributed by atoms with Crippen molar-refractivity contribution in [3.63, 3.8) is 0 Å². The minimum absolute atomic E-state index is 0.0551. The Morgan fingerprint density at radius 3 is 2.48 bits per heavy atom. The van der Waals surface area contributed by atoms with Gasteiger partial charge in [0.1, 0.15) is 5.75 Å². The van der Waals surface area contributed by atoms with Gasteiger partial charge in [-0.05, 0) is 49.6 Å². The highest BCUT2D eigenvalue weighted by Crippen LogP contribution is 2.28. The second-order valence-corrected chi connectivity index (χ2v) is 9.93. The summed E-state index contributed by atoms with van der Waals surface area (Å²) in [6.07, 6.45) is 3.19. The van der Waals surface area contributed by atoms with Gasteiger partial charge < -0.3 is 14.8 Å². The number of piperidine rings is 1. The van der Waals surface area contributed by atoms with Gasteiger partial charge in [0.2, 0.25) is 10.0 Å². The van der Waals surface area contributed by atoms with Crippen molar-refractivity contribution >= 4 is 39.2 Å². The van der Waals surface area contributed by atoms with Gasteiger partial charge in [-0.15, -0.1) is 0 Å². The maximum absolute atomic E-state index is 12.9. The third kappa shape index (κ3) is 7.45. The van der Waals surface area contributed by atoms with Crippen molar-refractivity contribution in [2.45, 2.75) is 37.0 Å². The number of ether oxygens (including phenoxy) is 2. The van der Waals surface area contributed by atoms with Gasteiger partial charge in [-0.25, -0.2) is 8.42 Å². The summed E-state index contributed by atoms with van der Waals surface area (Å²) in [5.41, 5.74) is 0.145. The molecule has 2 aromatic carbocycles. The first kappa shape index (κ1) is 25.0. The van der Waals surface area contributed by atoms with E-state index >= 15 is 0 Å². The van der Waals surface area contributed by atoms with Crippen molar-refractivity contribution in [3.8, 4) is 5.75 Å². The molecule has 1 heterocycles. The average Bonchev–Trinajstić information content (AvgIpc) is 2.83. The van der Waals surface area contributed by atoms with Crippen molar-refractivity contribution in [3.05, 3.63) is 53.6 Å². The van der Waals surface area contributed by atoms with Gasteiger partial charge >= 0.3 is 5.97 Å². The Morgan fingerprint density at radius 2 is 1.76 bits per heavy atom. The number of esters is 1. The molecule has 0 bridgehead atoms. The highest BCUT2D eigenvalue weighted by Gasteiger charge is 2.26. The van der Waals surface area contributed by atoms with E-state index in [4.69, 9.17) is 21.1 Å². The average molecular weight is 495 g/mol. The third-order valence-corrected chi connectivity index (χ3v) is 7.29. The molecule has 2 aromatic rings. The van der Waals surface area contributed by atoms with Gasteiger partial charge in [-0.2, -0.15) is 4.31 Å². The molecule has 0 aromatic heterocycles. The first-order chi connectivity index (χ1) is 15.9. The van der Waals surface area contributed by atoms with Gasteiger partial charge in [0.05, 0.1) is 22.2 Å². The van der Waals surface area contributed by atoms with Gasteiger partial charge in [0, 0.05) is 19.5 Å². The Labute approximate surface area is 198 Å². The molecule has 1 N–H and O–H groups in total. The number of carbonyl (C=O) groups is 2. The van der Waals surface area contributed by atoms with Crippen molar-refractivity contribution in [2.24, 2.45) is 0 Å². The summed E-state index contributed by atoms with van der Waals surface area (Å²) < 4.78 is 37.6. The molecule has 10 heteroatoms. The number of carbonyl (C=O) groups excluding carboxylic acids is 2. The van der Waals surface area contributed by atoms with E-state index in [2.05, 4.69) is 5.32 Å². The van der Waals surface area contributed by atoms with E-state index in [1.54, 1.807) is 0 Å². The normalized spacial score (nSPS) is 14.5. The van der Waals surface area contributed by atoms with Crippen LogP contribution in [0, 0.1) is 0 Å². The number of halogens is 1. The number of nitrogens with one attached hydrogen (secondary N) is 1. The van der Waals surface area contributed by atoms with E-state index < -0.39 is 28.5 Å².